The molecule has 0 bridgehead atoms. The molecular weight excluding hydrogens is 625 g/mol. The normalized spacial score (nSPS) is 11.6. The van der Waals surface area contributed by atoms with Crippen molar-refractivity contribution < 1.29 is 155 Å². The number of phenolic OH excluding ortho intramolecular Hbond substituents is 2. The molecule has 0 atom stereocenters. The maximum absolute atomic E-state index is 11.5. The van der Waals surface area contributed by atoms with Crippen molar-refractivity contribution >= 4 is 52.5 Å². The molecule has 20 heteroatoms. The molecule has 3 rings (SSSR count). The summed E-state index contributed by atoms with van der Waals surface area (Å²) in [5.41, 5.74) is -1.25. The van der Waals surface area contributed by atoms with Gasteiger partial charge < -0.3 is 23.9 Å². The van der Waals surface area contributed by atoms with Crippen LogP contribution in [0, 0.1) is 0 Å². The molecule has 181 valence electrons. The van der Waals surface area contributed by atoms with Gasteiger partial charge in [-0.25, -0.2) is 25.3 Å². The third-order valence-corrected chi connectivity index (χ3v) is 6.59. The summed E-state index contributed by atoms with van der Waals surface area (Å²) < 4.78 is 102. The largest absolute Gasteiger partial charge is 1.00 e. The summed E-state index contributed by atoms with van der Waals surface area (Å²) in [6.45, 7) is 0. The van der Waals surface area contributed by atoms with E-state index in [1.54, 1.807) is 0 Å². The maximum atomic E-state index is 11.5. The summed E-state index contributed by atoms with van der Waals surface area (Å²) in [5.74, 6) is -1.82. The Kier molecular flexibility index (Phi) is 15.1. The van der Waals surface area contributed by atoms with Crippen LogP contribution < -0.4 is 88.7 Å². The van der Waals surface area contributed by atoms with Gasteiger partial charge in [-0.2, -0.15) is 0 Å². The molecule has 0 amide bonds. The first-order chi connectivity index (χ1) is 14.6. The Balaban J connectivity index is 0. The van der Waals surface area contributed by atoms with Gasteiger partial charge in [0.2, 0.25) is 0 Å². The smallest absolute Gasteiger partial charge is 0.744 e. The van der Waals surface area contributed by atoms with E-state index in [4.69, 9.17) is 0 Å². The van der Waals surface area contributed by atoms with Gasteiger partial charge in [-0.1, -0.05) is 6.07 Å². The molecule has 13 nitrogen and oxygen atoms in total. The molecule has 0 unspecified atom stereocenters. The number of rotatable bonds is 5. The second-order valence-electron chi connectivity index (χ2n) is 6.17. The van der Waals surface area contributed by atoms with Crippen LogP contribution in [0.15, 0.2) is 67.4 Å². The Morgan fingerprint density at radius 2 is 1.17 bits per heavy atom. The van der Waals surface area contributed by atoms with E-state index < -0.39 is 67.9 Å². The molecule has 0 fully saturated rings. The summed E-state index contributed by atoms with van der Waals surface area (Å²) in [4.78, 5) is -2.75. The number of nitrogens with zero attached hydrogens (tertiary/aromatic N) is 2. The first kappa shape index (κ1) is 38.5. The van der Waals surface area contributed by atoms with Gasteiger partial charge in [-0.15, -0.1) is 10.2 Å². The van der Waals surface area contributed by atoms with Crippen LogP contribution in [0.3, 0.4) is 0 Å². The van der Waals surface area contributed by atoms with E-state index in [-0.39, 0.29) is 117 Å². The Bertz CT molecular complexity index is 1630. The van der Waals surface area contributed by atoms with E-state index in [0.29, 0.717) is 12.1 Å². The molecule has 3 aromatic carbocycles. The Hall–Kier alpha value is 0.369. The van der Waals surface area contributed by atoms with Crippen LogP contribution in [0.5, 0.6) is 11.5 Å². The molecule has 3 aromatic rings. The number of hydrogen-bond acceptors (Lipinski definition) is 13. The third-order valence-electron chi connectivity index (χ3n) is 4.07. The minimum Gasteiger partial charge on any atom is -0.744 e. The molecule has 36 heavy (non-hydrogen) atoms. The van der Waals surface area contributed by atoms with E-state index in [0.717, 1.165) is 30.3 Å². The van der Waals surface area contributed by atoms with Gasteiger partial charge in [0.15, 0.2) is 5.75 Å². The Morgan fingerprint density at radius 1 is 0.667 bits per heavy atom. The summed E-state index contributed by atoms with van der Waals surface area (Å²) in [6, 6.07) is 5.44. The molecule has 0 aromatic heterocycles. The summed E-state index contributed by atoms with van der Waals surface area (Å²) in [5, 5.41) is 26.7. The molecule has 2 N–H and O–H groups in total. The van der Waals surface area contributed by atoms with E-state index in [2.05, 4.69) is 10.2 Å². The van der Waals surface area contributed by atoms with Crippen LogP contribution >= 0.6 is 0 Å². The quantitative estimate of drug-likeness (QED) is 0.152. The Labute approximate surface area is 282 Å². The molecule has 0 saturated heterocycles. The van der Waals surface area contributed by atoms with Gasteiger partial charge in [0, 0.05) is 22.5 Å². The fourth-order valence-corrected chi connectivity index (χ4v) is 4.22. The topological polar surface area (TPSA) is 237 Å². The van der Waals surface area contributed by atoms with Gasteiger partial charge >= 0.3 is 88.7 Å². The second-order valence-corrected chi connectivity index (χ2v) is 10.3. The summed E-state index contributed by atoms with van der Waals surface area (Å²) >= 11 is 0. The molecular formula is C16H9CuN2Na3O11S3. The average Bonchev–Trinajstić information content (AvgIpc) is 2.65. The predicted molar refractivity (Wildman–Crippen MR) is 102 cm³/mol. The predicted octanol–water partition coefficient (Wildman–Crippen LogP) is -7.61. The summed E-state index contributed by atoms with van der Waals surface area (Å²) in [6.07, 6.45) is 0. The van der Waals surface area contributed by atoms with Crippen LogP contribution in [0.2, 0.25) is 0 Å². The molecule has 0 aliphatic heterocycles. The fraction of sp³-hybridized carbons (Fsp3) is 0. The SMILES string of the molecule is O=S(=O)([O-])c1ccc(O)c(N=Nc2c(O)c(S(=O)(=O)[O-])cc3cc(S(=O)(=O)[O-])ccc23)c1.[Cu].[Na+].[Na+].[Na+]. The third kappa shape index (κ3) is 8.96. The van der Waals surface area contributed by atoms with Crippen LogP contribution in [0.4, 0.5) is 11.4 Å². The van der Waals surface area contributed by atoms with Crippen molar-refractivity contribution in [2.45, 2.75) is 14.7 Å². The molecule has 0 aliphatic rings. The zero-order chi connectivity index (χ0) is 24.1. The van der Waals surface area contributed by atoms with Crippen molar-refractivity contribution in [1.29, 1.82) is 0 Å². The van der Waals surface area contributed by atoms with Gasteiger partial charge in [-0.05, 0) is 41.8 Å². The number of hydrogen-bond donors (Lipinski definition) is 2. The van der Waals surface area contributed by atoms with Crippen LogP contribution in [0.1, 0.15) is 0 Å². The van der Waals surface area contributed by atoms with Gasteiger partial charge in [-0.3, -0.25) is 0 Å². The molecule has 0 spiro atoms. The van der Waals surface area contributed by atoms with Gasteiger partial charge in [0.25, 0.3) is 0 Å². The van der Waals surface area contributed by atoms with Crippen molar-refractivity contribution in [3.05, 3.63) is 42.5 Å². The number of phenols is 2. The molecule has 0 heterocycles. The molecule has 0 saturated carbocycles. The first-order valence-corrected chi connectivity index (χ1v) is 12.2. The maximum Gasteiger partial charge on any atom is 1.00 e. The number of azo groups is 1. The van der Waals surface area contributed by atoms with Crippen molar-refractivity contribution in [3.8, 4) is 11.5 Å². The van der Waals surface area contributed by atoms with E-state index in [1.165, 1.54) is 0 Å². The van der Waals surface area contributed by atoms with E-state index in [9.17, 15) is 49.1 Å². The minimum atomic E-state index is -5.31. The minimum absolute atomic E-state index is 0. The van der Waals surface area contributed by atoms with Crippen LogP contribution in [0.25, 0.3) is 10.8 Å². The monoisotopic (exact) mass is 633 g/mol. The van der Waals surface area contributed by atoms with Crippen molar-refractivity contribution in [3.63, 3.8) is 0 Å². The zero-order valence-corrected chi connectivity index (χ0v) is 27.9. The van der Waals surface area contributed by atoms with Crippen molar-refractivity contribution in [1.82, 2.24) is 0 Å². The van der Waals surface area contributed by atoms with Crippen molar-refractivity contribution in [2.24, 2.45) is 10.2 Å². The second kappa shape index (κ2) is 14.1. The number of aromatic hydroxyl groups is 2. The molecule has 1 radical (unpaired) electrons. The number of fused-ring (bicyclic) bond motifs is 1. The molecule has 0 aliphatic carbocycles. The first-order valence-electron chi connectivity index (χ1n) is 8.01. The van der Waals surface area contributed by atoms with Crippen molar-refractivity contribution in [2.75, 3.05) is 0 Å². The van der Waals surface area contributed by atoms with Gasteiger partial charge in [0.05, 0.1) is 14.7 Å². The average molecular weight is 634 g/mol. The van der Waals surface area contributed by atoms with Gasteiger partial charge in [0.1, 0.15) is 47.5 Å². The van der Waals surface area contributed by atoms with E-state index >= 15 is 0 Å². The zero-order valence-electron chi connectivity index (χ0n) is 18.5. The van der Waals surface area contributed by atoms with E-state index in [1.807, 2.05) is 0 Å². The van der Waals surface area contributed by atoms with Crippen LogP contribution in [-0.4, -0.2) is 49.1 Å². The fourth-order valence-electron chi connectivity index (χ4n) is 2.62. The summed E-state index contributed by atoms with van der Waals surface area (Å²) in [7, 11) is -15.2. The number of benzene rings is 3. The van der Waals surface area contributed by atoms with Crippen LogP contribution in [-0.2, 0) is 47.4 Å². The standard InChI is InChI=1S/C16H12N2O11S3.Cu.3Na/c19-13-4-2-10(31(24,25)26)7-12(13)17-18-15-11-3-1-9(30(21,22)23)5-8(11)6-14(16(15)20)32(27,28)29;;;;/h1-7,19-20H,(H,21,22,23)(H,24,25,26)(H,27,28,29);;;;/q;;3*+1/p-3. The Morgan fingerprint density at radius 3 is 1.67 bits per heavy atom.